The van der Waals surface area contributed by atoms with Gasteiger partial charge in [-0.1, -0.05) is 84.6 Å². The summed E-state index contributed by atoms with van der Waals surface area (Å²) in [5.41, 5.74) is 3.24. The van der Waals surface area contributed by atoms with Gasteiger partial charge in [0.2, 0.25) is 27.0 Å². The Kier molecular flexibility index (Phi) is 19.5. The first kappa shape index (κ1) is 58.0. The van der Waals surface area contributed by atoms with Gasteiger partial charge in [-0.25, -0.2) is 8.42 Å². The Morgan fingerprint density at radius 2 is 1.19 bits per heavy atom. The Morgan fingerprint density at radius 3 is 1.70 bits per heavy atom. The van der Waals surface area contributed by atoms with Gasteiger partial charge in [0.1, 0.15) is 10.1 Å². The minimum Gasteiger partial charge on any atom is -0.744 e. The summed E-state index contributed by atoms with van der Waals surface area (Å²) in [6, 6.07) is 30.1. The van der Waals surface area contributed by atoms with Gasteiger partial charge >= 0.3 is 27.2 Å². The third-order valence-corrected chi connectivity index (χ3v) is 15.3. The molecule has 7 rings (SSSR count). The molecule has 2 aliphatic rings. The number of hydrogen-bond acceptors (Lipinski definition) is 16. The minimum atomic E-state index is -4.66. The highest BCUT2D eigenvalue weighted by molar-refractivity contribution is 8.12. The summed E-state index contributed by atoms with van der Waals surface area (Å²) in [4.78, 5) is 28.8. The Morgan fingerprint density at radius 1 is 0.662 bits per heavy atom. The Labute approximate surface area is 436 Å². The van der Waals surface area contributed by atoms with Gasteiger partial charge in [0.05, 0.1) is 14.7 Å². The van der Waals surface area contributed by atoms with E-state index < -0.39 is 68.9 Å². The van der Waals surface area contributed by atoms with E-state index >= 15 is 0 Å². The zero-order valence-electron chi connectivity index (χ0n) is 38.0. The van der Waals surface area contributed by atoms with Crippen molar-refractivity contribution in [3.8, 4) is 21.6 Å². The van der Waals surface area contributed by atoms with E-state index in [0.717, 1.165) is 20.9 Å². The first-order valence-electron chi connectivity index (χ1n) is 20.9. The molecule has 0 radical (unpaired) electrons. The van der Waals surface area contributed by atoms with Crippen LogP contribution in [0.3, 0.4) is 0 Å². The summed E-state index contributed by atoms with van der Waals surface area (Å²) in [7, 11) is -19.8. The van der Waals surface area contributed by atoms with Crippen molar-refractivity contribution in [2.45, 2.75) is 34.5 Å². The second-order valence-corrected chi connectivity index (χ2v) is 22.8. The average Bonchev–Trinajstić information content (AvgIpc) is 3.34. The normalized spacial score (nSPS) is 16.8. The lowest BCUT2D eigenvalue weighted by Crippen LogP contribution is -2.48. The molecule has 4 N–H and O–H groups in total. The zero-order chi connectivity index (χ0) is 54.6. The van der Waals surface area contributed by atoms with E-state index in [2.05, 4.69) is 5.32 Å². The third kappa shape index (κ3) is 16.3. The number of benzene rings is 4. The van der Waals surface area contributed by atoms with Crippen LogP contribution >= 0.6 is 23.1 Å². The molecule has 0 fully saturated rings. The highest BCUT2D eigenvalue weighted by Gasteiger charge is 2.48. The van der Waals surface area contributed by atoms with Gasteiger partial charge in [-0.2, -0.15) is 16.8 Å². The van der Waals surface area contributed by atoms with Crippen molar-refractivity contribution < 1.29 is 78.9 Å². The number of nitrogens with one attached hydrogen (secondary N) is 1. The number of carboxylic acid groups (broad SMARTS) is 1. The van der Waals surface area contributed by atoms with E-state index in [9.17, 15) is 53.6 Å². The molecule has 386 valence electrons. The minimum absolute atomic E-state index is 0.135. The number of rotatable bonds is 13. The summed E-state index contributed by atoms with van der Waals surface area (Å²) in [6.07, 6.45) is 12.2. The molecule has 5 aromatic rings. The molecular weight excluding hydrogens is 1100 g/mol. The van der Waals surface area contributed by atoms with Crippen LogP contribution in [0.15, 0.2) is 182 Å². The zero-order valence-corrected chi connectivity index (χ0v) is 43.7. The number of carboxylic acids is 1. The number of thioether (sulfide) groups is 1. The molecule has 26 heteroatoms. The van der Waals surface area contributed by atoms with Crippen molar-refractivity contribution in [2.75, 3.05) is 6.54 Å². The molecule has 19 nitrogen and oxygen atoms in total. The van der Waals surface area contributed by atoms with Crippen molar-refractivity contribution in [1.29, 1.82) is 0 Å². The van der Waals surface area contributed by atoms with Gasteiger partial charge < -0.3 is 15.0 Å². The van der Waals surface area contributed by atoms with Crippen LogP contribution in [-0.4, -0.2) is 87.7 Å². The maximum absolute atomic E-state index is 13.7. The monoisotopic (exact) mass is 1140 g/mol. The number of allylic oxidation sites excluding steroid dienone is 9. The quantitative estimate of drug-likeness (QED) is 0.0507. The predicted molar refractivity (Wildman–Crippen MR) is 274 cm³/mol. The molecule has 0 saturated carbocycles. The average molecular weight is 1140 g/mol. The lowest BCUT2D eigenvalue weighted by atomic mass is 9.71. The SMILES string of the molecule is CCNC(=O)C1(C(=O)O)CC(/C=C/c2cc(-c3ccc(S(=O)(=O)[O-])cc3)cc(-c3ccccc3)[s+]2)=CC(=C/C=C2\C=C(c3ccc(S(=O)(=O)O)cc3)C=C(c3ccc(S(=O)(=O)O)cc3)S2)/C1.O=S(=O)=O.O=S(=O)=O. The molecular formula is C48H39NO18S7. The van der Waals surface area contributed by atoms with Crippen molar-refractivity contribution >= 4 is 103 Å². The van der Waals surface area contributed by atoms with Crippen LogP contribution in [0.4, 0.5) is 0 Å². The van der Waals surface area contributed by atoms with Crippen molar-refractivity contribution in [3.63, 3.8) is 0 Å². The van der Waals surface area contributed by atoms with Crippen LogP contribution in [0.2, 0.25) is 0 Å². The maximum atomic E-state index is 13.7. The summed E-state index contributed by atoms with van der Waals surface area (Å²) in [6.45, 7) is 1.89. The Bertz CT molecular complexity index is 3720. The van der Waals surface area contributed by atoms with Gasteiger partial charge in [-0.15, -0.1) is 25.3 Å². The van der Waals surface area contributed by atoms with Crippen LogP contribution in [0, 0.1) is 5.41 Å². The van der Waals surface area contributed by atoms with Gasteiger partial charge in [0, 0.05) is 40.1 Å². The Hall–Kier alpha value is -6.85. The van der Waals surface area contributed by atoms with Crippen molar-refractivity contribution in [2.24, 2.45) is 5.41 Å². The summed E-state index contributed by atoms with van der Waals surface area (Å²) >= 11 is 2.75. The molecule has 1 unspecified atom stereocenters. The van der Waals surface area contributed by atoms with Gasteiger partial charge in [0.15, 0.2) is 5.41 Å². The molecule has 0 bridgehead atoms. The molecule has 0 saturated heterocycles. The second-order valence-electron chi connectivity index (χ2n) is 15.5. The molecule has 4 aromatic carbocycles. The van der Waals surface area contributed by atoms with E-state index in [0.29, 0.717) is 43.2 Å². The fourth-order valence-electron chi connectivity index (χ4n) is 7.28. The lowest BCUT2D eigenvalue weighted by molar-refractivity contribution is -0.156. The van der Waals surface area contributed by atoms with E-state index in [1.807, 2.05) is 60.7 Å². The fourth-order valence-corrected chi connectivity index (χ4v) is 10.7. The molecule has 1 atom stereocenters. The third-order valence-electron chi connectivity index (χ3n) is 10.6. The highest BCUT2D eigenvalue weighted by Crippen LogP contribution is 2.44. The second kappa shape index (κ2) is 24.9. The van der Waals surface area contributed by atoms with E-state index in [-0.39, 0.29) is 34.1 Å². The van der Waals surface area contributed by atoms with Crippen LogP contribution in [0.25, 0.3) is 38.1 Å². The van der Waals surface area contributed by atoms with Gasteiger partial charge in [0.25, 0.3) is 20.2 Å². The van der Waals surface area contributed by atoms with E-state index in [1.165, 1.54) is 83.8 Å². The molecule has 74 heavy (non-hydrogen) atoms. The van der Waals surface area contributed by atoms with Crippen LogP contribution < -0.4 is 5.32 Å². The first-order valence-corrected chi connectivity index (χ1v) is 28.8. The molecule has 1 aliphatic heterocycles. The maximum Gasteiger partial charge on any atom is 0.425 e. The fraction of sp³-hybridized carbons (Fsp3) is 0.104. The topological polar surface area (TPSA) is 335 Å². The summed E-state index contributed by atoms with van der Waals surface area (Å²) in [5.74, 6) is -1.97. The number of hydrogen-bond donors (Lipinski definition) is 4. The smallest absolute Gasteiger partial charge is 0.425 e. The van der Waals surface area contributed by atoms with Crippen LogP contribution in [0.1, 0.15) is 35.8 Å². The number of carbonyl (C=O) groups is 2. The largest absolute Gasteiger partial charge is 0.744 e. The molecule has 2 heterocycles. The number of aliphatic carboxylic acids is 1. The highest BCUT2D eigenvalue weighted by atomic mass is 32.2. The van der Waals surface area contributed by atoms with Gasteiger partial charge in [-0.05, 0) is 125 Å². The predicted octanol–water partition coefficient (Wildman–Crippen LogP) is 7.37. The van der Waals surface area contributed by atoms with E-state index in [1.54, 1.807) is 43.4 Å². The van der Waals surface area contributed by atoms with Crippen LogP contribution in [0.5, 0.6) is 0 Å². The molecule has 1 aromatic heterocycles. The van der Waals surface area contributed by atoms with Gasteiger partial charge in [-0.3, -0.25) is 18.7 Å². The molecule has 1 amide bonds. The molecule has 0 spiro atoms. The lowest BCUT2D eigenvalue weighted by Gasteiger charge is -2.32. The summed E-state index contributed by atoms with van der Waals surface area (Å²) in [5, 5.41) is 13.4. The number of carbonyl (C=O) groups excluding carboxylic acids is 1. The van der Waals surface area contributed by atoms with E-state index in [4.69, 9.17) is 25.3 Å². The number of amides is 1. The standard InChI is InChI=1S/C48H39NO12S5.2O3S/c1-2-49-46(50)48(47(51)52)29-31(8-16-39-25-37(27-44(62-39)35-6-4-3-5-7-35)33-10-18-41(19-11-33)64(53,54)55)24-32(30-48)9-17-40-26-38(34-12-20-42(21-13-34)65(56,57)58)28-45(63-40)36-14-22-43(23-15-36)66(59,60)61;2*1-4(2)3/h3-28H,2,29-30H2,1H3,(H4-,49,50,51,52,53,54,55,56,57,58,59,60,61);;. The van der Waals surface area contributed by atoms with Crippen LogP contribution in [-0.2, 0) is 61.2 Å². The first-order chi connectivity index (χ1) is 34.7. The van der Waals surface area contributed by atoms with Crippen molar-refractivity contribution in [3.05, 3.63) is 184 Å². The summed E-state index contributed by atoms with van der Waals surface area (Å²) < 4.78 is 152. The van der Waals surface area contributed by atoms with Crippen molar-refractivity contribution in [1.82, 2.24) is 5.32 Å². The molecule has 1 aliphatic carbocycles. The Balaban J connectivity index is 0.00000118.